The molecule has 2 amide bonds. The number of nitrogens with one attached hydrogen (secondary N) is 3. The summed E-state index contributed by atoms with van der Waals surface area (Å²) in [5.41, 5.74) is 4.27. The fourth-order valence-corrected chi connectivity index (χ4v) is 3.63. The maximum absolute atomic E-state index is 12.6. The Morgan fingerprint density at radius 3 is 2.66 bits per heavy atom. The van der Waals surface area contributed by atoms with E-state index in [1.165, 1.54) is 0 Å². The third-order valence-electron chi connectivity index (χ3n) is 5.93. The molecule has 0 unspecified atom stereocenters. The minimum atomic E-state index is -0.333. The maximum atomic E-state index is 12.6. The Labute approximate surface area is 186 Å². The van der Waals surface area contributed by atoms with E-state index in [0.29, 0.717) is 17.0 Å². The number of H-pyrrole nitrogens is 1. The summed E-state index contributed by atoms with van der Waals surface area (Å²) in [5.74, 6) is 0.0403. The van der Waals surface area contributed by atoms with Gasteiger partial charge in [-0.25, -0.2) is 4.98 Å². The van der Waals surface area contributed by atoms with Crippen molar-refractivity contribution in [3.05, 3.63) is 83.2 Å². The minimum Gasteiger partial charge on any atom is -0.355 e. The van der Waals surface area contributed by atoms with Gasteiger partial charge >= 0.3 is 0 Å². The molecule has 0 aliphatic heterocycles. The monoisotopic (exact) mass is 427 g/mol. The van der Waals surface area contributed by atoms with E-state index in [1.807, 2.05) is 36.4 Å². The molecular weight excluding hydrogens is 402 g/mol. The molecule has 1 aromatic heterocycles. The van der Waals surface area contributed by atoms with Crippen LogP contribution in [0.25, 0.3) is 0 Å². The Morgan fingerprint density at radius 2 is 1.94 bits per heavy atom. The Morgan fingerprint density at radius 1 is 1.09 bits per heavy atom. The lowest BCUT2D eigenvalue weighted by molar-refractivity contribution is 0.0934. The Balaban J connectivity index is 1.38. The van der Waals surface area contributed by atoms with E-state index in [1.54, 1.807) is 24.5 Å². The first-order valence-corrected chi connectivity index (χ1v) is 10.9. The molecular formula is C25H25N5O2. The molecule has 2 fully saturated rings. The largest absolute Gasteiger partial charge is 0.355 e. The molecule has 3 aromatic rings. The summed E-state index contributed by atoms with van der Waals surface area (Å²) in [5, 5.41) is 6.54. The molecule has 0 radical (unpaired) electrons. The molecule has 2 aliphatic carbocycles. The van der Waals surface area contributed by atoms with Crippen LogP contribution in [0.2, 0.25) is 0 Å². The second kappa shape index (κ2) is 8.07. The first-order valence-electron chi connectivity index (χ1n) is 10.9. The van der Waals surface area contributed by atoms with Crippen molar-refractivity contribution in [3.8, 4) is 0 Å². The molecule has 1 heterocycles. The standard InChI is InChI=1S/C25H25N5O2/c1-25(10-11-25)30-23(32)17-4-2-5-19(14-17)28-21-9-8-18(15-20(21)16-6-7-16)22(31)29-24-26-12-3-13-27-24/h2-5,8-9,12-16,28H,6-7,10-11H2,1H3,(H,30,32)(H,26,27,29,31). The summed E-state index contributed by atoms with van der Waals surface area (Å²) in [6, 6.07) is 14.8. The quantitative estimate of drug-likeness (QED) is 0.552. The zero-order valence-corrected chi connectivity index (χ0v) is 17.9. The van der Waals surface area contributed by atoms with Crippen LogP contribution in [0.3, 0.4) is 0 Å². The van der Waals surface area contributed by atoms with E-state index in [2.05, 4.69) is 32.5 Å². The van der Waals surface area contributed by atoms with Gasteiger partial charge in [0.1, 0.15) is 0 Å². The Bertz CT molecular complexity index is 1240. The highest BCUT2D eigenvalue weighted by atomic mass is 16.2. The normalized spacial score (nSPS) is 17.0. The molecule has 7 heteroatoms. The van der Waals surface area contributed by atoms with Crippen molar-refractivity contribution in [2.45, 2.75) is 44.1 Å². The van der Waals surface area contributed by atoms with E-state index in [0.717, 1.165) is 42.6 Å². The van der Waals surface area contributed by atoms with E-state index >= 15 is 0 Å². The van der Waals surface area contributed by atoms with Crippen LogP contribution >= 0.6 is 0 Å². The fourth-order valence-electron chi connectivity index (χ4n) is 3.63. The molecule has 162 valence electrons. The fraction of sp³-hybridized carbons (Fsp3) is 0.280. The third-order valence-corrected chi connectivity index (χ3v) is 5.93. The summed E-state index contributed by atoms with van der Waals surface area (Å²) < 4.78 is 0. The summed E-state index contributed by atoms with van der Waals surface area (Å²) >= 11 is 0. The molecule has 2 saturated carbocycles. The lowest BCUT2D eigenvalue weighted by Crippen LogP contribution is -2.34. The second-order valence-electron chi connectivity index (χ2n) is 8.82. The highest BCUT2D eigenvalue weighted by molar-refractivity contribution is 5.97. The molecule has 32 heavy (non-hydrogen) atoms. The van der Waals surface area contributed by atoms with Crippen molar-refractivity contribution in [1.29, 1.82) is 0 Å². The van der Waals surface area contributed by atoms with Gasteiger partial charge in [0.2, 0.25) is 5.62 Å². The van der Waals surface area contributed by atoms with Crippen molar-refractivity contribution in [2.24, 2.45) is 4.99 Å². The van der Waals surface area contributed by atoms with Crippen LogP contribution in [0.4, 0.5) is 11.4 Å². The number of amides is 2. The summed E-state index contributed by atoms with van der Waals surface area (Å²) in [4.78, 5) is 36.1. The second-order valence-corrected chi connectivity index (χ2v) is 8.82. The van der Waals surface area contributed by atoms with Gasteiger partial charge in [0, 0.05) is 40.4 Å². The van der Waals surface area contributed by atoms with Gasteiger partial charge in [-0.15, -0.1) is 0 Å². The molecule has 5 rings (SSSR count). The van der Waals surface area contributed by atoms with Crippen LogP contribution in [0.15, 0.2) is 65.9 Å². The number of hydrogen-bond acceptors (Lipinski definition) is 4. The first-order chi connectivity index (χ1) is 15.5. The molecule has 7 nitrogen and oxygen atoms in total. The first kappa shape index (κ1) is 20.2. The predicted octanol–water partition coefficient (Wildman–Crippen LogP) is 4.05. The number of benzene rings is 2. The number of nitrogens with zero attached hydrogens (tertiary/aromatic N) is 2. The van der Waals surface area contributed by atoms with Gasteiger partial charge in [0.05, 0.1) is 0 Å². The van der Waals surface area contributed by atoms with Crippen LogP contribution in [-0.2, 0) is 0 Å². The highest BCUT2D eigenvalue weighted by Crippen LogP contribution is 2.44. The lowest BCUT2D eigenvalue weighted by Gasteiger charge is -2.15. The van der Waals surface area contributed by atoms with Crippen LogP contribution in [0.1, 0.15) is 64.8 Å². The van der Waals surface area contributed by atoms with E-state index in [9.17, 15) is 9.59 Å². The van der Waals surface area contributed by atoms with E-state index in [4.69, 9.17) is 0 Å². The zero-order chi connectivity index (χ0) is 22.1. The van der Waals surface area contributed by atoms with E-state index < -0.39 is 0 Å². The van der Waals surface area contributed by atoms with Crippen LogP contribution in [0, 0.1) is 0 Å². The number of aromatic nitrogens is 2. The number of anilines is 2. The predicted molar refractivity (Wildman–Crippen MR) is 122 cm³/mol. The molecule has 2 aromatic carbocycles. The van der Waals surface area contributed by atoms with Gasteiger partial charge in [-0.05, 0) is 86.6 Å². The Kier molecular flexibility index (Phi) is 5.09. The molecule has 2 aliphatic rings. The van der Waals surface area contributed by atoms with Crippen molar-refractivity contribution in [1.82, 2.24) is 15.3 Å². The summed E-state index contributed by atoms with van der Waals surface area (Å²) in [7, 11) is 0. The van der Waals surface area contributed by atoms with Gasteiger partial charge in [-0.2, -0.15) is 4.99 Å². The molecule has 0 bridgehead atoms. The van der Waals surface area contributed by atoms with Crippen LogP contribution in [0.5, 0.6) is 0 Å². The molecule has 0 spiro atoms. The van der Waals surface area contributed by atoms with Gasteiger partial charge in [0.25, 0.3) is 11.8 Å². The van der Waals surface area contributed by atoms with Crippen LogP contribution in [-0.4, -0.2) is 27.3 Å². The SMILES string of the molecule is CC1(NC(=O)c2cccc(Nc3ccc(C(=O)N=c4nccc[nH]4)cc3C3CC3)c2)CC1. The van der Waals surface area contributed by atoms with Gasteiger partial charge in [-0.3, -0.25) is 9.59 Å². The average molecular weight is 428 g/mol. The minimum absolute atomic E-state index is 0.0510. The number of rotatable bonds is 6. The zero-order valence-electron chi connectivity index (χ0n) is 17.9. The van der Waals surface area contributed by atoms with Gasteiger partial charge < -0.3 is 15.6 Å². The van der Waals surface area contributed by atoms with Crippen molar-refractivity contribution in [3.63, 3.8) is 0 Å². The molecule has 0 atom stereocenters. The number of carbonyl (C=O) groups is 2. The van der Waals surface area contributed by atoms with Gasteiger partial charge in [-0.1, -0.05) is 6.07 Å². The maximum Gasteiger partial charge on any atom is 0.280 e. The molecule has 0 saturated heterocycles. The summed E-state index contributed by atoms with van der Waals surface area (Å²) in [6.07, 6.45) is 7.51. The molecule has 3 N–H and O–H groups in total. The van der Waals surface area contributed by atoms with Gasteiger partial charge in [0.15, 0.2) is 0 Å². The smallest absolute Gasteiger partial charge is 0.280 e. The lowest BCUT2D eigenvalue weighted by atomic mass is 10.0. The number of aromatic amines is 1. The number of carbonyl (C=O) groups excluding carboxylic acids is 2. The highest BCUT2D eigenvalue weighted by Gasteiger charge is 2.38. The number of hydrogen-bond donors (Lipinski definition) is 3. The van der Waals surface area contributed by atoms with Crippen molar-refractivity contribution < 1.29 is 9.59 Å². The van der Waals surface area contributed by atoms with Crippen molar-refractivity contribution in [2.75, 3.05) is 5.32 Å². The average Bonchev–Trinajstić information content (AvgIpc) is 3.73. The van der Waals surface area contributed by atoms with E-state index in [-0.39, 0.29) is 23.0 Å². The Hall–Kier alpha value is -3.74. The topological polar surface area (TPSA) is 99.2 Å². The summed E-state index contributed by atoms with van der Waals surface area (Å²) in [6.45, 7) is 2.07. The van der Waals surface area contributed by atoms with Crippen LogP contribution < -0.4 is 16.3 Å². The van der Waals surface area contributed by atoms with Crippen molar-refractivity contribution >= 4 is 23.2 Å². The third kappa shape index (κ3) is 4.61.